The zero-order chi connectivity index (χ0) is 12.1. The molecule has 19 heavy (non-hydrogen) atoms. The first-order chi connectivity index (χ1) is 8.83. The SMILES string of the molecule is Cl.O=C(c1n[nH]c2ccccc12)N1C[C@@H]2C[C@H]1CN2. The van der Waals surface area contributed by atoms with Gasteiger partial charge in [-0.15, -0.1) is 12.4 Å². The molecule has 6 heteroatoms. The molecule has 0 spiro atoms. The van der Waals surface area contributed by atoms with Gasteiger partial charge < -0.3 is 10.2 Å². The summed E-state index contributed by atoms with van der Waals surface area (Å²) in [5.41, 5.74) is 1.47. The third-order valence-corrected chi connectivity index (χ3v) is 3.99. The van der Waals surface area contributed by atoms with E-state index in [0.717, 1.165) is 30.4 Å². The number of benzene rings is 1. The van der Waals surface area contributed by atoms with Gasteiger partial charge in [0.25, 0.3) is 5.91 Å². The van der Waals surface area contributed by atoms with E-state index in [4.69, 9.17) is 0 Å². The molecule has 2 aliphatic rings. The number of hydrogen-bond acceptors (Lipinski definition) is 3. The molecule has 4 rings (SSSR count). The maximum absolute atomic E-state index is 12.5. The van der Waals surface area contributed by atoms with E-state index in [0.29, 0.717) is 17.8 Å². The van der Waals surface area contributed by atoms with E-state index in [1.54, 1.807) is 0 Å². The van der Waals surface area contributed by atoms with Gasteiger partial charge in [-0.3, -0.25) is 9.89 Å². The fourth-order valence-corrected chi connectivity index (χ4v) is 3.07. The van der Waals surface area contributed by atoms with E-state index in [1.807, 2.05) is 29.2 Å². The Bertz CT molecular complexity index is 626. The summed E-state index contributed by atoms with van der Waals surface area (Å²) in [6, 6.07) is 8.58. The third kappa shape index (κ3) is 1.81. The van der Waals surface area contributed by atoms with Crippen LogP contribution in [0.3, 0.4) is 0 Å². The van der Waals surface area contributed by atoms with Crippen molar-refractivity contribution in [1.82, 2.24) is 20.4 Å². The Hall–Kier alpha value is -1.59. The lowest BCUT2D eigenvalue weighted by molar-refractivity contribution is 0.0712. The Morgan fingerprint density at radius 2 is 2.21 bits per heavy atom. The number of hydrogen-bond donors (Lipinski definition) is 2. The van der Waals surface area contributed by atoms with E-state index < -0.39 is 0 Å². The quantitative estimate of drug-likeness (QED) is 0.823. The average molecular weight is 279 g/mol. The minimum Gasteiger partial charge on any atom is -0.331 e. The van der Waals surface area contributed by atoms with Crippen LogP contribution in [0.1, 0.15) is 16.9 Å². The molecule has 3 heterocycles. The van der Waals surface area contributed by atoms with Crippen LogP contribution < -0.4 is 5.32 Å². The predicted octanol–water partition coefficient (Wildman–Crippen LogP) is 1.17. The molecule has 1 aromatic carbocycles. The zero-order valence-corrected chi connectivity index (χ0v) is 11.1. The van der Waals surface area contributed by atoms with Gasteiger partial charge in [-0.05, 0) is 12.5 Å². The van der Waals surface area contributed by atoms with Gasteiger partial charge in [0.2, 0.25) is 0 Å². The van der Waals surface area contributed by atoms with Crippen molar-refractivity contribution in [2.75, 3.05) is 13.1 Å². The fraction of sp³-hybridized carbons (Fsp3) is 0.385. The number of para-hydroxylation sites is 1. The number of piperazine rings is 1. The molecule has 0 aliphatic carbocycles. The van der Waals surface area contributed by atoms with E-state index in [2.05, 4.69) is 15.5 Å². The highest BCUT2D eigenvalue weighted by atomic mass is 35.5. The molecule has 5 nitrogen and oxygen atoms in total. The van der Waals surface area contributed by atoms with Crippen LogP contribution in [-0.4, -0.2) is 46.2 Å². The number of rotatable bonds is 1. The normalized spacial score (nSPS) is 24.7. The van der Waals surface area contributed by atoms with Crippen LogP contribution in [0, 0.1) is 0 Å². The minimum absolute atomic E-state index is 0. The molecule has 2 fully saturated rings. The Kier molecular flexibility index (Phi) is 2.95. The van der Waals surface area contributed by atoms with Crippen LogP contribution in [0.15, 0.2) is 24.3 Å². The van der Waals surface area contributed by atoms with E-state index in [-0.39, 0.29) is 18.3 Å². The number of likely N-dealkylation sites (tertiary alicyclic amines) is 1. The van der Waals surface area contributed by atoms with Crippen molar-refractivity contribution in [1.29, 1.82) is 0 Å². The molecule has 0 saturated carbocycles. The second-order valence-corrected chi connectivity index (χ2v) is 5.07. The number of amides is 1. The summed E-state index contributed by atoms with van der Waals surface area (Å²) in [7, 11) is 0. The summed E-state index contributed by atoms with van der Waals surface area (Å²) in [4.78, 5) is 14.5. The standard InChI is InChI=1S/C13H14N4O.ClH/c18-13(17-7-8-5-9(17)6-14-8)12-10-3-1-2-4-11(10)15-16-12;/h1-4,8-9,14H,5-7H2,(H,15,16);1H/t8-,9-;/m0./s1. The number of carbonyl (C=O) groups excluding carboxylic acids is 1. The zero-order valence-electron chi connectivity index (χ0n) is 10.3. The average Bonchev–Trinajstić information content (AvgIpc) is 3.12. The van der Waals surface area contributed by atoms with Gasteiger partial charge >= 0.3 is 0 Å². The molecule has 2 bridgehead atoms. The number of aromatic nitrogens is 2. The van der Waals surface area contributed by atoms with Gasteiger partial charge in [0.1, 0.15) is 0 Å². The molecular weight excluding hydrogens is 264 g/mol. The van der Waals surface area contributed by atoms with E-state index >= 15 is 0 Å². The number of halogens is 1. The molecule has 0 unspecified atom stereocenters. The Balaban J connectivity index is 0.00000110. The van der Waals surface area contributed by atoms with Gasteiger partial charge in [-0.1, -0.05) is 18.2 Å². The first-order valence-electron chi connectivity index (χ1n) is 6.30. The van der Waals surface area contributed by atoms with Crippen LogP contribution in [0.4, 0.5) is 0 Å². The van der Waals surface area contributed by atoms with Crippen molar-refractivity contribution in [2.24, 2.45) is 0 Å². The van der Waals surface area contributed by atoms with E-state index in [9.17, 15) is 4.79 Å². The fourth-order valence-electron chi connectivity index (χ4n) is 3.07. The summed E-state index contributed by atoms with van der Waals surface area (Å²) in [5.74, 6) is 0.0569. The van der Waals surface area contributed by atoms with Crippen molar-refractivity contribution >= 4 is 29.2 Å². The highest BCUT2D eigenvalue weighted by molar-refractivity contribution is 6.04. The van der Waals surface area contributed by atoms with Crippen molar-refractivity contribution in [3.63, 3.8) is 0 Å². The van der Waals surface area contributed by atoms with Gasteiger partial charge in [-0.2, -0.15) is 5.10 Å². The maximum Gasteiger partial charge on any atom is 0.275 e. The molecule has 1 aromatic heterocycles. The highest BCUT2D eigenvalue weighted by Crippen LogP contribution is 2.26. The summed E-state index contributed by atoms with van der Waals surface area (Å²) in [6.45, 7) is 1.73. The first kappa shape index (κ1) is 12.4. The van der Waals surface area contributed by atoms with Crippen LogP contribution >= 0.6 is 12.4 Å². The monoisotopic (exact) mass is 278 g/mol. The lowest BCUT2D eigenvalue weighted by Gasteiger charge is -2.26. The maximum atomic E-state index is 12.5. The van der Waals surface area contributed by atoms with Gasteiger partial charge in [0, 0.05) is 30.6 Å². The molecule has 2 aromatic rings. The number of nitrogens with one attached hydrogen (secondary N) is 2. The van der Waals surface area contributed by atoms with Crippen molar-refractivity contribution < 1.29 is 4.79 Å². The number of aromatic amines is 1. The van der Waals surface area contributed by atoms with Gasteiger partial charge in [-0.25, -0.2) is 0 Å². The Morgan fingerprint density at radius 1 is 1.37 bits per heavy atom. The highest BCUT2D eigenvalue weighted by Gasteiger charge is 2.41. The third-order valence-electron chi connectivity index (χ3n) is 3.99. The lowest BCUT2D eigenvalue weighted by atomic mass is 10.2. The molecule has 2 aliphatic heterocycles. The number of H-pyrrole nitrogens is 1. The van der Waals surface area contributed by atoms with E-state index in [1.165, 1.54) is 0 Å². The Morgan fingerprint density at radius 3 is 2.95 bits per heavy atom. The summed E-state index contributed by atoms with van der Waals surface area (Å²) in [5, 5.41) is 11.4. The first-order valence-corrected chi connectivity index (χ1v) is 6.30. The summed E-state index contributed by atoms with van der Waals surface area (Å²) >= 11 is 0. The predicted molar refractivity (Wildman–Crippen MR) is 74.6 cm³/mol. The Labute approximate surface area is 116 Å². The second-order valence-electron chi connectivity index (χ2n) is 5.07. The molecule has 0 radical (unpaired) electrons. The molecule has 2 N–H and O–H groups in total. The van der Waals surface area contributed by atoms with Crippen molar-refractivity contribution in [2.45, 2.75) is 18.5 Å². The van der Waals surface area contributed by atoms with Gasteiger partial charge in [0.05, 0.1) is 5.52 Å². The molecule has 1 amide bonds. The lowest BCUT2D eigenvalue weighted by Crippen LogP contribution is -2.46. The topological polar surface area (TPSA) is 61.0 Å². The van der Waals surface area contributed by atoms with Crippen LogP contribution in [0.25, 0.3) is 10.9 Å². The van der Waals surface area contributed by atoms with Crippen LogP contribution in [0.5, 0.6) is 0 Å². The number of fused-ring (bicyclic) bond motifs is 3. The number of nitrogens with zero attached hydrogens (tertiary/aromatic N) is 2. The largest absolute Gasteiger partial charge is 0.331 e. The summed E-state index contributed by atoms with van der Waals surface area (Å²) in [6.07, 6.45) is 1.08. The van der Waals surface area contributed by atoms with Gasteiger partial charge in [0.15, 0.2) is 5.69 Å². The van der Waals surface area contributed by atoms with Crippen LogP contribution in [-0.2, 0) is 0 Å². The second kappa shape index (κ2) is 4.51. The molecule has 100 valence electrons. The summed E-state index contributed by atoms with van der Waals surface area (Å²) < 4.78 is 0. The van der Waals surface area contributed by atoms with Crippen molar-refractivity contribution in [3.05, 3.63) is 30.0 Å². The van der Waals surface area contributed by atoms with Crippen LogP contribution in [0.2, 0.25) is 0 Å². The van der Waals surface area contributed by atoms with Crippen molar-refractivity contribution in [3.8, 4) is 0 Å². The number of carbonyl (C=O) groups is 1. The molecule has 2 saturated heterocycles. The smallest absolute Gasteiger partial charge is 0.275 e. The minimum atomic E-state index is 0. The molecule has 2 atom stereocenters. The molecular formula is C13H15ClN4O.